The fraction of sp³-hybridized carbons (Fsp3) is 0.421. The largest absolute Gasteiger partial charge is 0.368 e. The van der Waals surface area contributed by atoms with E-state index in [4.69, 9.17) is 0 Å². The molecule has 124 valence electrons. The molecular formula is C19H22N4O. The van der Waals surface area contributed by atoms with Crippen molar-refractivity contribution in [2.24, 2.45) is 5.92 Å². The number of anilines is 1. The maximum atomic E-state index is 12.6. The second-order valence-corrected chi connectivity index (χ2v) is 6.56. The van der Waals surface area contributed by atoms with Gasteiger partial charge in [0.25, 0.3) is 0 Å². The fourth-order valence-corrected chi connectivity index (χ4v) is 3.63. The van der Waals surface area contributed by atoms with E-state index < -0.39 is 0 Å². The number of piperazine rings is 1. The van der Waals surface area contributed by atoms with Crippen LogP contribution in [0, 0.1) is 5.92 Å². The van der Waals surface area contributed by atoms with Crippen LogP contribution in [0.15, 0.2) is 42.9 Å². The molecule has 1 aromatic heterocycles. The molecule has 0 bridgehead atoms. The van der Waals surface area contributed by atoms with Gasteiger partial charge in [-0.05, 0) is 37.5 Å². The number of nitrogens with zero attached hydrogens (tertiary/aromatic N) is 4. The van der Waals surface area contributed by atoms with Gasteiger partial charge in [0.05, 0.1) is 5.52 Å². The highest BCUT2D eigenvalue weighted by Gasteiger charge is 2.27. The van der Waals surface area contributed by atoms with Gasteiger partial charge < -0.3 is 9.80 Å². The molecule has 1 unspecified atom stereocenters. The van der Waals surface area contributed by atoms with Crippen LogP contribution in [0.1, 0.15) is 19.3 Å². The molecule has 0 N–H and O–H groups in total. The average molecular weight is 322 g/mol. The fourth-order valence-electron chi connectivity index (χ4n) is 3.63. The van der Waals surface area contributed by atoms with Crippen LogP contribution in [-0.4, -0.2) is 47.0 Å². The van der Waals surface area contributed by atoms with Crippen molar-refractivity contribution in [3.63, 3.8) is 0 Å². The summed E-state index contributed by atoms with van der Waals surface area (Å²) in [5.74, 6) is 0.533. The highest BCUT2D eigenvalue weighted by Crippen LogP contribution is 2.24. The smallest absolute Gasteiger partial charge is 0.226 e. The SMILES string of the molecule is O=C(C1CC=CCC1)N1CCN(c2ccc3ncncc3c2)CC1. The van der Waals surface area contributed by atoms with E-state index in [2.05, 4.69) is 39.2 Å². The van der Waals surface area contributed by atoms with Crippen molar-refractivity contribution in [2.45, 2.75) is 19.3 Å². The molecular weight excluding hydrogens is 300 g/mol. The van der Waals surface area contributed by atoms with Crippen molar-refractivity contribution >= 4 is 22.5 Å². The number of fused-ring (bicyclic) bond motifs is 1. The molecule has 4 rings (SSSR count). The summed E-state index contributed by atoms with van der Waals surface area (Å²) in [7, 11) is 0. The average Bonchev–Trinajstić information content (AvgIpc) is 2.68. The maximum absolute atomic E-state index is 12.6. The Balaban J connectivity index is 1.41. The number of amides is 1. The molecule has 2 aromatic rings. The molecule has 1 aliphatic heterocycles. The maximum Gasteiger partial charge on any atom is 0.226 e. The van der Waals surface area contributed by atoms with Crippen molar-refractivity contribution in [1.82, 2.24) is 14.9 Å². The van der Waals surface area contributed by atoms with Crippen LogP contribution in [0.2, 0.25) is 0 Å². The van der Waals surface area contributed by atoms with Gasteiger partial charge in [-0.3, -0.25) is 4.79 Å². The molecule has 5 nitrogen and oxygen atoms in total. The van der Waals surface area contributed by atoms with Crippen LogP contribution in [0.25, 0.3) is 10.9 Å². The number of hydrogen-bond donors (Lipinski definition) is 0. The van der Waals surface area contributed by atoms with Crippen LogP contribution in [0.4, 0.5) is 5.69 Å². The summed E-state index contributed by atoms with van der Waals surface area (Å²) in [6.07, 6.45) is 10.7. The molecule has 5 heteroatoms. The molecule has 0 saturated carbocycles. The van der Waals surface area contributed by atoms with E-state index in [1.165, 1.54) is 5.69 Å². The lowest BCUT2D eigenvalue weighted by Gasteiger charge is -2.38. The normalized spacial score (nSPS) is 21.2. The number of carbonyl (C=O) groups excluding carboxylic acids is 1. The number of carbonyl (C=O) groups is 1. The summed E-state index contributed by atoms with van der Waals surface area (Å²) < 4.78 is 0. The Kier molecular flexibility index (Phi) is 4.15. The lowest BCUT2D eigenvalue weighted by Crippen LogP contribution is -2.50. The van der Waals surface area contributed by atoms with E-state index in [1.54, 1.807) is 6.33 Å². The van der Waals surface area contributed by atoms with E-state index in [9.17, 15) is 4.79 Å². The van der Waals surface area contributed by atoms with Gasteiger partial charge in [-0.2, -0.15) is 0 Å². The van der Waals surface area contributed by atoms with Gasteiger partial charge >= 0.3 is 0 Å². The van der Waals surface area contributed by atoms with Gasteiger partial charge in [-0.1, -0.05) is 12.2 Å². The first kappa shape index (κ1) is 15.1. The first-order chi connectivity index (χ1) is 11.8. The van der Waals surface area contributed by atoms with Crippen LogP contribution >= 0.6 is 0 Å². The van der Waals surface area contributed by atoms with E-state index in [1.807, 2.05) is 17.2 Å². The third-order valence-electron chi connectivity index (χ3n) is 5.06. The number of benzene rings is 1. The standard InChI is InChI=1S/C19H22N4O/c24-19(15-4-2-1-3-5-15)23-10-8-22(9-11-23)17-6-7-18-16(12-17)13-20-14-21-18/h1-2,6-7,12-15H,3-5,8-11H2. The van der Waals surface area contributed by atoms with Crippen LogP contribution in [-0.2, 0) is 4.79 Å². The zero-order chi connectivity index (χ0) is 16.4. The second kappa shape index (κ2) is 6.59. The van der Waals surface area contributed by atoms with Crippen LogP contribution in [0.5, 0.6) is 0 Å². The van der Waals surface area contributed by atoms with Gasteiger partial charge in [-0.25, -0.2) is 9.97 Å². The minimum absolute atomic E-state index is 0.194. The Bertz CT molecular complexity index is 765. The molecule has 1 aromatic carbocycles. The van der Waals surface area contributed by atoms with Crippen molar-refractivity contribution in [1.29, 1.82) is 0 Å². The monoisotopic (exact) mass is 322 g/mol. The van der Waals surface area contributed by atoms with Crippen molar-refractivity contribution in [3.8, 4) is 0 Å². The van der Waals surface area contributed by atoms with Crippen molar-refractivity contribution < 1.29 is 4.79 Å². The molecule has 1 atom stereocenters. The predicted octanol–water partition coefficient (Wildman–Crippen LogP) is 2.63. The number of rotatable bonds is 2. The van der Waals surface area contributed by atoms with Gasteiger partial charge in [0.15, 0.2) is 0 Å². The number of hydrogen-bond acceptors (Lipinski definition) is 4. The van der Waals surface area contributed by atoms with Gasteiger partial charge in [0.2, 0.25) is 5.91 Å². The Hall–Kier alpha value is -2.43. The zero-order valence-corrected chi connectivity index (χ0v) is 13.8. The Morgan fingerprint density at radius 3 is 2.79 bits per heavy atom. The summed E-state index contributed by atoms with van der Waals surface area (Å²) in [6, 6.07) is 6.29. The second-order valence-electron chi connectivity index (χ2n) is 6.56. The highest BCUT2D eigenvalue weighted by atomic mass is 16.2. The van der Waals surface area contributed by atoms with E-state index in [-0.39, 0.29) is 5.92 Å². The number of aromatic nitrogens is 2. The highest BCUT2D eigenvalue weighted by molar-refractivity contribution is 5.82. The Labute approximate surface area is 142 Å². The first-order valence-corrected chi connectivity index (χ1v) is 8.70. The van der Waals surface area contributed by atoms with Crippen LogP contribution < -0.4 is 4.90 Å². The molecule has 24 heavy (non-hydrogen) atoms. The van der Waals surface area contributed by atoms with Gasteiger partial charge in [0, 0.05) is 49.4 Å². The lowest BCUT2D eigenvalue weighted by molar-refractivity contribution is -0.136. The summed E-state index contributed by atoms with van der Waals surface area (Å²) in [6.45, 7) is 3.38. The molecule has 2 aliphatic rings. The molecule has 0 spiro atoms. The molecule has 1 aliphatic carbocycles. The topological polar surface area (TPSA) is 49.3 Å². The third kappa shape index (κ3) is 2.98. The summed E-state index contributed by atoms with van der Waals surface area (Å²) in [5.41, 5.74) is 2.15. The Morgan fingerprint density at radius 1 is 1.12 bits per heavy atom. The number of allylic oxidation sites excluding steroid dienone is 2. The lowest BCUT2D eigenvalue weighted by atomic mass is 9.93. The summed E-state index contributed by atoms with van der Waals surface area (Å²) in [5, 5.41) is 1.06. The molecule has 1 fully saturated rings. The van der Waals surface area contributed by atoms with Gasteiger partial charge in [0.1, 0.15) is 6.33 Å². The van der Waals surface area contributed by atoms with Crippen molar-refractivity contribution in [3.05, 3.63) is 42.9 Å². The molecule has 2 heterocycles. The summed E-state index contributed by atoms with van der Waals surface area (Å²) >= 11 is 0. The predicted molar refractivity (Wildman–Crippen MR) is 94.8 cm³/mol. The minimum Gasteiger partial charge on any atom is -0.368 e. The first-order valence-electron chi connectivity index (χ1n) is 8.70. The summed E-state index contributed by atoms with van der Waals surface area (Å²) in [4.78, 5) is 25.4. The quantitative estimate of drug-likeness (QED) is 0.798. The third-order valence-corrected chi connectivity index (χ3v) is 5.06. The van der Waals surface area contributed by atoms with Crippen molar-refractivity contribution in [2.75, 3.05) is 31.1 Å². The van der Waals surface area contributed by atoms with Gasteiger partial charge in [-0.15, -0.1) is 0 Å². The zero-order valence-electron chi connectivity index (χ0n) is 13.8. The molecule has 1 amide bonds. The molecule has 0 radical (unpaired) electrons. The van der Waals surface area contributed by atoms with Crippen LogP contribution in [0.3, 0.4) is 0 Å². The van der Waals surface area contributed by atoms with E-state index in [0.717, 1.165) is 56.3 Å². The van der Waals surface area contributed by atoms with E-state index in [0.29, 0.717) is 5.91 Å². The Morgan fingerprint density at radius 2 is 2.00 bits per heavy atom. The van der Waals surface area contributed by atoms with E-state index >= 15 is 0 Å². The minimum atomic E-state index is 0.194. The molecule has 1 saturated heterocycles.